The topological polar surface area (TPSA) is 48.8 Å². The van der Waals surface area contributed by atoms with Crippen LogP contribution in [0.3, 0.4) is 0 Å². The van der Waals surface area contributed by atoms with E-state index in [2.05, 4.69) is 209 Å². The first-order valence-electron chi connectivity index (χ1n) is 21.3. The average molecular weight is 805 g/mol. The van der Waals surface area contributed by atoms with Gasteiger partial charge in [-0.1, -0.05) is 158 Å². The second-order valence-electron chi connectivity index (χ2n) is 16.2. The van der Waals surface area contributed by atoms with Crippen LogP contribution in [0, 0.1) is 0 Å². The number of hydrogen-bond donors (Lipinski definition) is 0. The maximum atomic E-state index is 6.37. The molecular weight excluding hydrogens is 769 g/mol. The van der Waals surface area contributed by atoms with Crippen molar-refractivity contribution >= 4 is 65.6 Å². The predicted molar refractivity (Wildman–Crippen MR) is 260 cm³/mol. The number of fused-ring (bicyclic) bond motifs is 10. The quantitative estimate of drug-likeness (QED) is 0.168. The Morgan fingerprint density at radius 3 is 1.56 bits per heavy atom. The molecule has 5 nitrogen and oxygen atoms in total. The van der Waals surface area contributed by atoms with Gasteiger partial charge < -0.3 is 8.98 Å². The normalized spacial score (nSPS) is 11.8. The molecule has 0 aliphatic carbocycles. The molecule has 0 fully saturated rings. The summed E-state index contributed by atoms with van der Waals surface area (Å²) in [6, 6.07) is 77.4. The SMILES string of the molecule is c1ccc(-c2cc(-c3ccccc3)cc(-n3c4ccccc4c4ccc5c(c6ccccc6n5-c5nc(-c6ccccc6)cc(-c6ccc7c(c6)oc6ccccc67)n5)c43)c2)cc1. The Hall–Kier alpha value is -8.54. The highest BCUT2D eigenvalue weighted by Crippen LogP contribution is 2.43. The zero-order chi connectivity index (χ0) is 41.4. The van der Waals surface area contributed by atoms with E-state index in [1.165, 1.54) is 21.9 Å². The van der Waals surface area contributed by atoms with Gasteiger partial charge >= 0.3 is 0 Å². The van der Waals surface area contributed by atoms with Crippen molar-refractivity contribution in [3.8, 4) is 56.4 Å². The Bertz CT molecular complexity index is 3840. The van der Waals surface area contributed by atoms with E-state index < -0.39 is 0 Å². The Labute approximate surface area is 362 Å². The molecule has 0 saturated heterocycles. The van der Waals surface area contributed by atoms with E-state index in [1.54, 1.807) is 0 Å². The molecule has 0 saturated carbocycles. The van der Waals surface area contributed by atoms with Crippen LogP contribution in [0.5, 0.6) is 0 Å². The molecule has 9 aromatic carbocycles. The maximum Gasteiger partial charge on any atom is 0.235 e. The van der Waals surface area contributed by atoms with Gasteiger partial charge in [-0.05, 0) is 82.9 Å². The van der Waals surface area contributed by atoms with Crippen molar-refractivity contribution in [2.45, 2.75) is 0 Å². The summed E-state index contributed by atoms with van der Waals surface area (Å²) in [5.74, 6) is 0.599. The Morgan fingerprint density at radius 1 is 0.317 bits per heavy atom. The van der Waals surface area contributed by atoms with Crippen molar-refractivity contribution < 1.29 is 4.42 Å². The van der Waals surface area contributed by atoms with Crippen molar-refractivity contribution in [2.24, 2.45) is 0 Å². The molecule has 4 aromatic heterocycles. The minimum atomic E-state index is 0.599. The Morgan fingerprint density at radius 2 is 0.857 bits per heavy atom. The molecule has 13 aromatic rings. The van der Waals surface area contributed by atoms with Crippen LogP contribution in [0.2, 0.25) is 0 Å². The van der Waals surface area contributed by atoms with Gasteiger partial charge in [0.2, 0.25) is 5.95 Å². The first-order chi connectivity index (χ1) is 31.2. The van der Waals surface area contributed by atoms with Crippen molar-refractivity contribution in [3.05, 3.63) is 218 Å². The zero-order valence-electron chi connectivity index (χ0n) is 34.0. The highest BCUT2D eigenvalue weighted by molar-refractivity contribution is 6.26. The van der Waals surface area contributed by atoms with Crippen LogP contribution in [0.25, 0.3) is 122 Å². The fourth-order valence-corrected chi connectivity index (χ4v) is 9.65. The lowest BCUT2D eigenvalue weighted by atomic mass is 9.98. The molecule has 4 heterocycles. The first-order valence-corrected chi connectivity index (χ1v) is 21.3. The third-order valence-electron chi connectivity index (χ3n) is 12.5. The maximum absolute atomic E-state index is 6.37. The molecule has 13 rings (SSSR count). The molecule has 0 aliphatic heterocycles. The fraction of sp³-hybridized carbons (Fsp3) is 0. The van der Waals surface area contributed by atoms with E-state index in [1.807, 2.05) is 18.2 Å². The van der Waals surface area contributed by atoms with Gasteiger partial charge in [0.1, 0.15) is 11.2 Å². The highest BCUT2D eigenvalue weighted by Gasteiger charge is 2.23. The summed E-state index contributed by atoms with van der Waals surface area (Å²) in [7, 11) is 0. The number of para-hydroxylation sites is 3. The smallest absolute Gasteiger partial charge is 0.235 e. The molecule has 0 atom stereocenters. The second kappa shape index (κ2) is 14.0. The fourth-order valence-electron chi connectivity index (χ4n) is 9.65. The minimum Gasteiger partial charge on any atom is -0.456 e. The van der Waals surface area contributed by atoms with Gasteiger partial charge in [0, 0.05) is 49.1 Å². The van der Waals surface area contributed by atoms with Crippen LogP contribution in [0.15, 0.2) is 223 Å². The molecule has 0 N–H and O–H groups in total. The predicted octanol–water partition coefficient (Wildman–Crippen LogP) is 15.2. The summed E-state index contributed by atoms with van der Waals surface area (Å²) in [6.45, 7) is 0. The molecule has 0 aliphatic rings. The largest absolute Gasteiger partial charge is 0.456 e. The first kappa shape index (κ1) is 35.2. The Balaban J connectivity index is 1.11. The van der Waals surface area contributed by atoms with E-state index in [9.17, 15) is 0 Å². The summed E-state index contributed by atoms with van der Waals surface area (Å²) in [5.41, 5.74) is 15.4. The van der Waals surface area contributed by atoms with E-state index >= 15 is 0 Å². The van der Waals surface area contributed by atoms with Gasteiger partial charge in [-0.2, -0.15) is 0 Å². The van der Waals surface area contributed by atoms with Crippen molar-refractivity contribution in [3.63, 3.8) is 0 Å². The third-order valence-corrected chi connectivity index (χ3v) is 12.5. The van der Waals surface area contributed by atoms with Gasteiger partial charge in [-0.25, -0.2) is 9.97 Å². The molecule has 0 radical (unpaired) electrons. The van der Waals surface area contributed by atoms with Gasteiger partial charge in [-0.15, -0.1) is 0 Å². The van der Waals surface area contributed by atoms with Crippen molar-refractivity contribution in [1.29, 1.82) is 0 Å². The lowest BCUT2D eigenvalue weighted by Gasteiger charge is -2.15. The van der Waals surface area contributed by atoms with E-state index in [4.69, 9.17) is 14.4 Å². The zero-order valence-corrected chi connectivity index (χ0v) is 34.0. The monoisotopic (exact) mass is 804 g/mol. The molecule has 0 amide bonds. The van der Waals surface area contributed by atoms with Crippen LogP contribution >= 0.6 is 0 Å². The number of nitrogens with zero attached hydrogens (tertiary/aromatic N) is 4. The summed E-state index contributed by atoms with van der Waals surface area (Å²) in [6.07, 6.45) is 0. The number of rotatable bonds is 6. The number of aromatic nitrogens is 4. The molecule has 0 spiro atoms. The molecule has 294 valence electrons. The standard InChI is InChI=1S/C58H36N4O/c1-4-16-37(17-5-1)41-32-42(38-18-6-2-7-19-38)34-43(33-41)61-51-25-13-10-22-44(51)47-30-31-53-56(57(47)61)48-24-11-14-26-52(48)62(53)58-59-49(39-20-8-3-9-21-39)36-50(60-58)40-28-29-46-45-23-12-15-27-54(45)63-55(46)35-40/h1-36H. The highest BCUT2D eigenvalue weighted by atomic mass is 16.3. The summed E-state index contributed by atoms with van der Waals surface area (Å²) in [5, 5.41) is 6.84. The summed E-state index contributed by atoms with van der Waals surface area (Å²) in [4.78, 5) is 10.8. The second-order valence-corrected chi connectivity index (χ2v) is 16.2. The lowest BCUT2D eigenvalue weighted by Crippen LogP contribution is -2.04. The molecular formula is C58H36N4O. The van der Waals surface area contributed by atoms with Crippen molar-refractivity contribution in [1.82, 2.24) is 19.1 Å². The number of furan rings is 1. The molecule has 63 heavy (non-hydrogen) atoms. The van der Waals surface area contributed by atoms with Gasteiger partial charge in [-0.3, -0.25) is 4.57 Å². The van der Waals surface area contributed by atoms with Crippen LogP contribution in [-0.4, -0.2) is 19.1 Å². The third kappa shape index (κ3) is 5.64. The van der Waals surface area contributed by atoms with E-state index in [0.717, 1.165) is 94.1 Å². The molecule has 5 heteroatoms. The van der Waals surface area contributed by atoms with Crippen LogP contribution < -0.4 is 0 Å². The average Bonchev–Trinajstić information content (AvgIpc) is 4.02. The Kier molecular flexibility index (Phi) is 7.84. The summed E-state index contributed by atoms with van der Waals surface area (Å²) < 4.78 is 11.1. The van der Waals surface area contributed by atoms with Gasteiger partial charge in [0.15, 0.2) is 0 Å². The number of benzene rings is 9. The number of hydrogen-bond acceptors (Lipinski definition) is 3. The van der Waals surface area contributed by atoms with Crippen LogP contribution in [-0.2, 0) is 0 Å². The van der Waals surface area contributed by atoms with E-state index in [-0.39, 0.29) is 0 Å². The van der Waals surface area contributed by atoms with E-state index in [0.29, 0.717) is 5.95 Å². The van der Waals surface area contributed by atoms with Crippen LogP contribution in [0.4, 0.5) is 0 Å². The van der Waals surface area contributed by atoms with Crippen LogP contribution in [0.1, 0.15) is 0 Å². The molecule has 0 bridgehead atoms. The minimum absolute atomic E-state index is 0.599. The van der Waals surface area contributed by atoms with Gasteiger partial charge in [0.05, 0.1) is 33.5 Å². The summed E-state index contributed by atoms with van der Waals surface area (Å²) >= 11 is 0. The lowest BCUT2D eigenvalue weighted by molar-refractivity contribution is 0.669. The van der Waals surface area contributed by atoms with Crippen molar-refractivity contribution in [2.75, 3.05) is 0 Å². The molecule has 0 unspecified atom stereocenters. The van der Waals surface area contributed by atoms with Gasteiger partial charge in [0.25, 0.3) is 0 Å².